The first-order valence-electron chi connectivity index (χ1n) is 7.98. The van der Waals surface area contributed by atoms with Crippen LogP contribution in [-0.2, 0) is 19.5 Å². The Morgan fingerprint density at radius 1 is 1.35 bits per heavy atom. The number of carbonyl (C=O) groups is 1. The fourth-order valence-corrected chi connectivity index (χ4v) is 4.33. The first-order valence-corrected chi connectivity index (χ1v) is 8.97. The van der Waals surface area contributed by atoms with E-state index in [2.05, 4.69) is 37.5 Å². The number of urea groups is 1. The molecule has 120 valence electrons. The fraction of sp³-hybridized carbons (Fsp3) is 0.438. The monoisotopic (exact) mass is 329 g/mol. The number of aryl methyl sites for hydroxylation is 1. The van der Waals surface area contributed by atoms with Crippen molar-refractivity contribution in [1.82, 2.24) is 25.4 Å². The molecule has 2 N–H and O–H groups in total. The second kappa shape index (κ2) is 6.23. The molecule has 1 aromatic heterocycles. The van der Waals surface area contributed by atoms with Crippen LogP contribution in [0.15, 0.2) is 29.2 Å². The number of benzene rings is 1. The molecule has 4 rings (SSSR count). The van der Waals surface area contributed by atoms with Crippen molar-refractivity contribution in [2.45, 2.75) is 43.3 Å². The molecular formula is C16H19N5OS. The highest BCUT2D eigenvalue weighted by molar-refractivity contribution is 7.99. The van der Waals surface area contributed by atoms with E-state index in [4.69, 9.17) is 0 Å². The maximum atomic E-state index is 12.2. The predicted octanol–water partition coefficient (Wildman–Crippen LogP) is 2.26. The summed E-state index contributed by atoms with van der Waals surface area (Å²) < 4.78 is 2.10. The minimum absolute atomic E-state index is 0.0802. The summed E-state index contributed by atoms with van der Waals surface area (Å²) in [7, 11) is 0. The van der Waals surface area contributed by atoms with E-state index in [9.17, 15) is 4.79 Å². The van der Waals surface area contributed by atoms with Gasteiger partial charge < -0.3 is 15.2 Å². The van der Waals surface area contributed by atoms with Crippen molar-refractivity contribution in [2.24, 2.45) is 0 Å². The molecule has 2 aromatic rings. The Bertz CT molecular complexity index is 729. The van der Waals surface area contributed by atoms with E-state index in [1.54, 1.807) is 0 Å². The maximum Gasteiger partial charge on any atom is 0.315 e. The Morgan fingerprint density at radius 3 is 3.22 bits per heavy atom. The summed E-state index contributed by atoms with van der Waals surface area (Å²) in [5, 5.41) is 14.3. The topological polar surface area (TPSA) is 71.8 Å². The molecule has 6 nitrogen and oxygen atoms in total. The number of fused-ring (bicyclic) bond motifs is 2. The van der Waals surface area contributed by atoms with Crippen molar-refractivity contribution in [2.75, 3.05) is 5.75 Å². The van der Waals surface area contributed by atoms with Crippen molar-refractivity contribution in [3.63, 3.8) is 0 Å². The largest absolute Gasteiger partial charge is 0.331 e. The Hall–Kier alpha value is -2.02. The van der Waals surface area contributed by atoms with Gasteiger partial charge in [0.15, 0.2) is 5.82 Å². The van der Waals surface area contributed by atoms with Gasteiger partial charge in [-0.05, 0) is 24.5 Å². The quantitative estimate of drug-likeness (QED) is 0.906. The molecule has 1 aromatic carbocycles. The van der Waals surface area contributed by atoms with Gasteiger partial charge in [0.05, 0.1) is 12.6 Å². The third-order valence-corrected chi connectivity index (χ3v) is 5.48. The van der Waals surface area contributed by atoms with Crippen LogP contribution in [0.3, 0.4) is 0 Å². The molecule has 1 atom stereocenters. The number of amides is 2. The van der Waals surface area contributed by atoms with Gasteiger partial charge in [-0.15, -0.1) is 22.0 Å². The van der Waals surface area contributed by atoms with Gasteiger partial charge in [-0.25, -0.2) is 4.79 Å². The second-order valence-electron chi connectivity index (χ2n) is 5.84. The minimum Gasteiger partial charge on any atom is -0.331 e. The summed E-state index contributed by atoms with van der Waals surface area (Å²) in [6.45, 7) is 1.37. The summed E-state index contributed by atoms with van der Waals surface area (Å²) in [6.07, 6.45) is 3.05. The highest BCUT2D eigenvalue weighted by atomic mass is 32.2. The van der Waals surface area contributed by atoms with E-state index in [0.29, 0.717) is 6.54 Å². The summed E-state index contributed by atoms with van der Waals surface area (Å²) in [4.78, 5) is 13.5. The molecule has 0 saturated heterocycles. The Labute approximate surface area is 139 Å². The van der Waals surface area contributed by atoms with Crippen molar-refractivity contribution in [3.8, 4) is 0 Å². The molecule has 1 unspecified atom stereocenters. The van der Waals surface area contributed by atoms with Gasteiger partial charge in [0.1, 0.15) is 5.82 Å². The van der Waals surface area contributed by atoms with Crippen LogP contribution in [0.1, 0.15) is 36.1 Å². The van der Waals surface area contributed by atoms with Crippen LogP contribution >= 0.6 is 11.8 Å². The summed E-state index contributed by atoms with van der Waals surface area (Å²) in [6, 6.07) is 8.21. The molecule has 2 amide bonds. The zero-order valence-electron chi connectivity index (χ0n) is 12.8. The molecular weight excluding hydrogens is 310 g/mol. The Balaban J connectivity index is 1.37. The van der Waals surface area contributed by atoms with Crippen LogP contribution in [0.5, 0.6) is 0 Å². The average molecular weight is 329 g/mol. The first kappa shape index (κ1) is 14.6. The molecule has 0 saturated carbocycles. The van der Waals surface area contributed by atoms with Crippen LogP contribution < -0.4 is 10.6 Å². The fourth-order valence-electron chi connectivity index (χ4n) is 3.20. The zero-order chi connectivity index (χ0) is 15.6. The van der Waals surface area contributed by atoms with E-state index in [1.165, 1.54) is 10.5 Å². The third-order valence-electron chi connectivity index (χ3n) is 4.36. The lowest BCUT2D eigenvalue weighted by molar-refractivity contribution is 0.235. The lowest BCUT2D eigenvalue weighted by Gasteiger charge is -2.25. The van der Waals surface area contributed by atoms with Crippen LogP contribution in [0.4, 0.5) is 4.79 Å². The number of thioether (sulfide) groups is 1. The molecule has 0 radical (unpaired) electrons. The highest BCUT2D eigenvalue weighted by Crippen LogP contribution is 2.35. The summed E-state index contributed by atoms with van der Waals surface area (Å²) in [5.41, 5.74) is 1.21. The van der Waals surface area contributed by atoms with Crippen LogP contribution in [0, 0.1) is 0 Å². The summed E-state index contributed by atoms with van der Waals surface area (Å²) >= 11 is 1.85. The van der Waals surface area contributed by atoms with Gasteiger partial charge in [-0.2, -0.15) is 0 Å². The molecule has 3 heterocycles. The minimum atomic E-state index is -0.146. The Morgan fingerprint density at radius 2 is 2.26 bits per heavy atom. The van der Waals surface area contributed by atoms with Gasteiger partial charge >= 0.3 is 6.03 Å². The molecule has 23 heavy (non-hydrogen) atoms. The number of nitrogens with one attached hydrogen (secondary N) is 2. The lowest BCUT2D eigenvalue weighted by Crippen LogP contribution is -2.39. The van der Waals surface area contributed by atoms with Gasteiger partial charge in [0, 0.05) is 23.6 Å². The van der Waals surface area contributed by atoms with Crippen molar-refractivity contribution < 1.29 is 4.79 Å². The average Bonchev–Trinajstić information content (AvgIpc) is 3.17. The predicted molar refractivity (Wildman–Crippen MR) is 88.2 cm³/mol. The smallest absolute Gasteiger partial charge is 0.315 e. The molecule has 2 aliphatic rings. The van der Waals surface area contributed by atoms with Crippen molar-refractivity contribution >= 4 is 17.8 Å². The number of rotatable bonds is 3. The zero-order valence-corrected chi connectivity index (χ0v) is 13.6. The number of nitrogens with zero attached hydrogens (tertiary/aromatic N) is 3. The highest BCUT2D eigenvalue weighted by Gasteiger charge is 2.22. The molecule has 0 aliphatic carbocycles. The lowest BCUT2D eigenvalue weighted by atomic mass is 10.0. The van der Waals surface area contributed by atoms with Crippen LogP contribution in [0.25, 0.3) is 0 Å². The molecule has 0 bridgehead atoms. The number of hydrogen-bond donors (Lipinski definition) is 2. The van der Waals surface area contributed by atoms with Crippen LogP contribution in [-0.4, -0.2) is 26.5 Å². The van der Waals surface area contributed by atoms with Gasteiger partial charge in [0.2, 0.25) is 0 Å². The third kappa shape index (κ3) is 2.93. The normalized spacial score (nSPS) is 19.0. The van der Waals surface area contributed by atoms with Crippen molar-refractivity contribution in [3.05, 3.63) is 41.5 Å². The standard InChI is InChI=1S/C16H19N5OS/c22-16(17-10-15-20-19-14-6-3-8-21(14)15)18-12-7-9-23-13-5-2-1-4-11(12)13/h1-2,4-5,12H,3,6-10H2,(H2,17,18,22). The summed E-state index contributed by atoms with van der Waals surface area (Å²) in [5.74, 6) is 2.90. The SMILES string of the molecule is O=C(NCc1nnc2n1CCC2)NC1CCSc2ccccc21. The van der Waals surface area contributed by atoms with E-state index in [1.807, 2.05) is 23.9 Å². The number of aromatic nitrogens is 3. The number of carbonyl (C=O) groups excluding carboxylic acids is 1. The molecule has 7 heteroatoms. The van der Waals surface area contributed by atoms with E-state index >= 15 is 0 Å². The molecule has 0 fully saturated rings. The first-order chi connectivity index (χ1) is 11.3. The molecule has 0 spiro atoms. The van der Waals surface area contributed by atoms with Gasteiger partial charge in [-0.1, -0.05) is 18.2 Å². The second-order valence-corrected chi connectivity index (χ2v) is 6.98. The van der Waals surface area contributed by atoms with E-state index < -0.39 is 0 Å². The molecule has 2 aliphatic heterocycles. The van der Waals surface area contributed by atoms with Crippen molar-refractivity contribution in [1.29, 1.82) is 0 Å². The maximum absolute atomic E-state index is 12.2. The van der Waals surface area contributed by atoms with Crippen LogP contribution in [0.2, 0.25) is 0 Å². The van der Waals surface area contributed by atoms with Gasteiger partial charge in [0.25, 0.3) is 0 Å². The number of hydrogen-bond acceptors (Lipinski definition) is 4. The van der Waals surface area contributed by atoms with E-state index in [0.717, 1.165) is 43.2 Å². The Kier molecular flexibility index (Phi) is 3.95. The van der Waals surface area contributed by atoms with E-state index in [-0.39, 0.29) is 12.1 Å². The van der Waals surface area contributed by atoms with Gasteiger partial charge in [-0.3, -0.25) is 0 Å².